The molecule has 0 radical (unpaired) electrons. The van der Waals surface area contributed by atoms with Gasteiger partial charge in [-0.1, -0.05) is 23.7 Å². The van der Waals surface area contributed by atoms with E-state index < -0.39 is 0 Å². The number of benzene rings is 2. The van der Waals surface area contributed by atoms with Crippen molar-refractivity contribution in [3.8, 4) is 5.75 Å². The van der Waals surface area contributed by atoms with Crippen LogP contribution in [0.5, 0.6) is 5.75 Å². The van der Waals surface area contributed by atoms with Gasteiger partial charge in [0.15, 0.2) is 0 Å². The van der Waals surface area contributed by atoms with Crippen molar-refractivity contribution in [2.75, 3.05) is 17.7 Å². The summed E-state index contributed by atoms with van der Waals surface area (Å²) in [5, 5.41) is 6.67. The molecular weight excluding hydrogens is 350 g/mol. The zero-order chi connectivity index (χ0) is 18.4. The van der Waals surface area contributed by atoms with Crippen molar-refractivity contribution in [3.05, 3.63) is 83.0 Å². The zero-order valence-electron chi connectivity index (χ0n) is 14.2. The Bertz CT molecular complexity index is 880. The Kier molecular flexibility index (Phi) is 5.71. The Balaban J connectivity index is 1.63. The van der Waals surface area contributed by atoms with Crippen molar-refractivity contribution >= 4 is 29.0 Å². The summed E-state index contributed by atoms with van der Waals surface area (Å²) in [5.41, 5.74) is 2.29. The number of nitrogens with zero attached hydrogens (tertiary/aromatic N) is 1. The van der Waals surface area contributed by atoms with Crippen LogP contribution in [-0.4, -0.2) is 18.0 Å². The molecule has 0 bridgehead atoms. The predicted octanol–water partition coefficient (Wildman–Crippen LogP) is 4.61. The zero-order valence-corrected chi connectivity index (χ0v) is 15.0. The van der Waals surface area contributed by atoms with Gasteiger partial charge in [0.25, 0.3) is 5.91 Å². The van der Waals surface area contributed by atoms with Crippen molar-refractivity contribution in [1.29, 1.82) is 0 Å². The van der Waals surface area contributed by atoms with Crippen molar-refractivity contribution in [1.82, 2.24) is 4.98 Å². The van der Waals surface area contributed by atoms with E-state index in [9.17, 15) is 4.79 Å². The smallest absolute Gasteiger partial charge is 0.255 e. The maximum Gasteiger partial charge on any atom is 0.255 e. The van der Waals surface area contributed by atoms with E-state index in [1.807, 2.05) is 24.3 Å². The average Bonchev–Trinajstić information content (AvgIpc) is 2.69. The van der Waals surface area contributed by atoms with Crippen LogP contribution in [0.3, 0.4) is 0 Å². The highest BCUT2D eigenvalue weighted by Crippen LogP contribution is 2.16. The van der Waals surface area contributed by atoms with Gasteiger partial charge < -0.3 is 15.4 Å². The monoisotopic (exact) mass is 367 g/mol. The molecular formula is C20H18ClN3O2. The highest BCUT2D eigenvalue weighted by molar-refractivity contribution is 6.30. The van der Waals surface area contributed by atoms with E-state index in [1.165, 1.54) is 0 Å². The van der Waals surface area contributed by atoms with Gasteiger partial charge in [-0.2, -0.15) is 0 Å². The lowest BCUT2D eigenvalue weighted by Crippen LogP contribution is -2.12. The number of carbonyl (C=O) groups excluding carboxylic acids is 1. The van der Waals surface area contributed by atoms with Gasteiger partial charge in [0.1, 0.15) is 11.6 Å². The minimum Gasteiger partial charge on any atom is -0.497 e. The molecule has 2 N–H and O–H groups in total. The number of pyridine rings is 1. The van der Waals surface area contributed by atoms with Crippen molar-refractivity contribution in [2.45, 2.75) is 6.54 Å². The summed E-state index contributed by atoms with van der Waals surface area (Å²) in [6, 6.07) is 18.1. The van der Waals surface area contributed by atoms with Crippen LogP contribution in [0.25, 0.3) is 0 Å². The number of carbonyl (C=O) groups is 1. The molecule has 1 aromatic heterocycles. The lowest BCUT2D eigenvalue weighted by atomic mass is 10.2. The molecule has 0 aliphatic carbocycles. The number of amides is 1. The largest absolute Gasteiger partial charge is 0.497 e. The van der Waals surface area contributed by atoms with E-state index in [0.29, 0.717) is 28.6 Å². The fourth-order valence-corrected chi connectivity index (χ4v) is 2.47. The second-order valence-corrected chi connectivity index (χ2v) is 6.03. The van der Waals surface area contributed by atoms with Crippen LogP contribution in [-0.2, 0) is 6.54 Å². The molecule has 0 atom stereocenters. The molecule has 1 amide bonds. The summed E-state index contributed by atoms with van der Waals surface area (Å²) in [6.07, 6.45) is 1.60. The third kappa shape index (κ3) is 4.74. The first-order chi connectivity index (χ1) is 12.6. The fraction of sp³-hybridized carbons (Fsp3) is 0.100. The van der Waals surface area contributed by atoms with E-state index >= 15 is 0 Å². The highest BCUT2D eigenvalue weighted by Gasteiger charge is 2.07. The molecule has 6 heteroatoms. The molecule has 0 aliphatic heterocycles. The minimum atomic E-state index is -0.206. The second-order valence-electron chi connectivity index (χ2n) is 5.59. The molecule has 0 unspecified atom stereocenters. The third-order valence-corrected chi connectivity index (χ3v) is 4.01. The number of hydrogen-bond acceptors (Lipinski definition) is 4. The molecule has 2 aromatic carbocycles. The average molecular weight is 368 g/mol. The first-order valence-electron chi connectivity index (χ1n) is 8.04. The fourth-order valence-electron chi connectivity index (χ4n) is 2.34. The van der Waals surface area contributed by atoms with Gasteiger partial charge in [-0.05, 0) is 54.1 Å². The number of nitrogens with one attached hydrogen (secondary N) is 2. The molecule has 132 valence electrons. The third-order valence-electron chi connectivity index (χ3n) is 3.76. The van der Waals surface area contributed by atoms with Gasteiger partial charge in [0.2, 0.25) is 0 Å². The quantitative estimate of drug-likeness (QED) is 0.668. The number of halogens is 1. The van der Waals surface area contributed by atoms with Gasteiger partial charge in [0.05, 0.1) is 7.11 Å². The van der Waals surface area contributed by atoms with Crippen LogP contribution in [0.4, 0.5) is 11.5 Å². The lowest BCUT2D eigenvalue weighted by Gasteiger charge is -2.09. The van der Waals surface area contributed by atoms with E-state index in [4.69, 9.17) is 16.3 Å². The molecule has 5 nitrogen and oxygen atoms in total. The Morgan fingerprint density at radius 2 is 1.81 bits per heavy atom. The molecule has 26 heavy (non-hydrogen) atoms. The summed E-state index contributed by atoms with van der Waals surface area (Å²) in [6.45, 7) is 0.596. The first kappa shape index (κ1) is 17.8. The molecule has 0 spiro atoms. The van der Waals surface area contributed by atoms with Gasteiger partial charge in [0, 0.05) is 29.0 Å². The molecule has 1 heterocycles. The first-order valence-corrected chi connectivity index (χ1v) is 8.41. The standard InChI is InChI=1S/C20H18ClN3O2/c1-26-18-8-2-14(3-9-18)13-23-19-12-15(10-11-22-19)20(25)24-17-6-4-16(21)5-7-17/h2-12H,13H2,1H3,(H,22,23)(H,24,25). The van der Waals surface area contributed by atoms with E-state index in [0.717, 1.165) is 11.3 Å². The molecule has 0 saturated carbocycles. The number of aromatic nitrogens is 1. The van der Waals surface area contributed by atoms with Crippen molar-refractivity contribution < 1.29 is 9.53 Å². The number of anilines is 2. The summed E-state index contributed by atoms with van der Waals surface area (Å²) in [4.78, 5) is 16.6. The van der Waals surface area contributed by atoms with E-state index in [-0.39, 0.29) is 5.91 Å². The number of hydrogen-bond donors (Lipinski definition) is 2. The Morgan fingerprint density at radius 1 is 1.08 bits per heavy atom. The van der Waals surface area contributed by atoms with Crippen LogP contribution >= 0.6 is 11.6 Å². The minimum absolute atomic E-state index is 0.206. The number of ether oxygens (including phenoxy) is 1. The van der Waals surface area contributed by atoms with Crippen LogP contribution in [0.2, 0.25) is 5.02 Å². The second kappa shape index (κ2) is 8.36. The molecule has 0 fully saturated rings. The van der Waals surface area contributed by atoms with Crippen LogP contribution in [0, 0.1) is 0 Å². The lowest BCUT2D eigenvalue weighted by molar-refractivity contribution is 0.102. The Hall–Kier alpha value is -3.05. The topological polar surface area (TPSA) is 63.2 Å². The Labute approximate surface area is 157 Å². The van der Waals surface area contributed by atoms with Gasteiger partial charge >= 0.3 is 0 Å². The summed E-state index contributed by atoms with van der Waals surface area (Å²) < 4.78 is 5.14. The number of rotatable bonds is 6. The summed E-state index contributed by atoms with van der Waals surface area (Å²) >= 11 is 5.85. The maximum atomic E-state index is 12.4. The van der Waals surface area contributed by atoms with Gasteiger partial charge in [-0.15, -0.1) is 0 Å². The van der Waals surface area contributed by atoms with Crippen LogP contribution < -0.4 is 15.4 Å². The van der Waals surface area contributed by atoms with Crippen molar-refractivity contribution in [2.24, 2.45) is 0 Å². The molecule has 0 saturated heterocycles. The van der Waals surface area contributed by atoms with Crippen LogP contribution in [0.15, 0.2) is 66.9 Å². The maximum absolute atomic E-state index is 12.4. The molecule has 3 aromatic rings. The van der Waals surface area contributed by atoms with E-state index in [2.05, 4.69) is 15.6 Å². The SMILES string of the molecule is COc1ccc(CNc2cc(C(=O)Nc3ccc(Cl)cc3)ccn2)cc1. The Morgan fingerprint density at radius 3 is 2.50 bits per heavy atom. The highest BCUT2D eigenvalue weighted by atomic mass is 35.5. The van der Waals surface area contributed by atoms with E-state index in [1.54, 1.807) is 49.7 Å². The summed E-state index contributed by atoms with van der Waals surface area (Å²) in [7, 11) is 1.64. The molecule has 0 aliphatic rings. The van der Waals surface area contributed by atoms with Crippen LogP contribution in [0.1, 0.15) is 15.9 Å². The molecule has 3 rings (SSSR count). The summed E-state index contributed by atoms with van der Waals surface area (Å²) in [5.74, 6) is 1.24. The number of methoxy groups -OCH3 is 1. The van der Waals surface area contributed by atoms with Crippen molar-refractivity contribution in [3.63, 3.8) is 0 Å². The van der Waals surface area contributed by atoms with Gasteiger partial charge in [-0.3, -0.25) is 4.79 Å². The van der Waals surface area contributed by atoms with Gasteiger partial charge in [-0.25, -0.2) is 4.98 Å². The normalized spacial score (nSPS) is 10.2. The predicted molar refractivity (Wildman–Crippen MR) is 104 cm³/mol.